The second-order valence-electron chi connectivity index (χ2n) is 19.9. The summed E-state index contributed by atoms with van der Waals surface area (Å²) in [4.78, 5) is 43.4. The Labute approximate surface area is 314 Å². The lowest BCUT2D eigenvalue weighted by Gasteiger charge is -2.72. The molecule has 0 aromatic carbocycles. The molecule has 0 spiro atoms. The zero-order valence-corrected chi connectivity index (χ0v) is 33.3. The third kappa shape index (κ3) is 6.31. The fourth-order valence-corrected chi connectivity index (χ4v) is 13.1. The molecule has 52 heavy (non-hydrogen) atoms. The van der Waals surface area contributed by atoms with Gasteiger partial charge in [-0.25, -0.2) is 0 Å². The highest BCUT2D eigenvalue weighted by molar-refractivity contribution is 6.00. The van der Waals surface area contributed by atoms with Crippen LogP contribution in [0.3, 0.4) is 0 Å². The molecule has 5 aliphatic carbocycles. The number of aromatic nitrogens is 1. The molecule has 2 N–H and O–H groups in total. The molecule has 6 rings (SSSR count). The molecule has 7 heteroatoms. The lowest BCUT2D eigenvalue weighted by Crippen LogP contribution is -2.65. The van der Waals surface area contributed by atoms with Gasteiger partial charge in [0.25, 0.3) is 0 Å². The minimum atomic E-state index is -1.15. The first-order valence-electron chi connectivity index (χ1n) is 20.1. The smallest absolute Gasteiger partial charge is 0.309 e. The Morgan fingerprint density at radius 3 is 2.31 bits per heavy atom. The number of nitrogens with zero attached hydrogens (tertiary/aromatic N) is 1. The number of carboxylic acids is 1. The van der Waals surface area contributed by atoms with Crippen molar-refractivity contribution in [2.24, 2.45) is 56.2 Å². The second kappa shape index (κ2) is 13.9. The summed E-state index contributed by atoms with van der Waals surface area (Å²) in [6.45, 7) is 23.1. The molecule has 0 radical (unpaired) electrons. The molecule has 0 unspecified atom stereocenters. The lowest BCUT2D eigenvalue weighted by molar-refractivity contribution is -0.233. The lowest BCUT2D eigenvalue weighted by atomic mass is 9.33. The Balaban J connectivity index is 0.00000523. The van der Waals surface area contributed by atoms with E-state index in [-0.39, 0.29) is 59.0 Å². The standard InChI is InChI=1S/C44H66N2O5.CH4/c1-27(2)36-31(47)25-44(22-24-45-28(3)30-13-11-12-23-46-30)21-20-42(9)29(37(36)44)14-15-33-41(8)18-17-34(51-35(48)26-39(4,5)38(49)50)40(6,7)32(41)16-19-43(33,42)10;/h11-13,23,27-29,32-34,45H,14-22,24-26H2,1-10H3,(H,49,50);1H4/t28-,29+,32-,33+,34-,41-,42+,43+,44+;/m0./s1. The minimum Gasteiger partial charge on any atom is -0.481 e. The van der Waals surface area contributed by atoms with Gasteiger partial charge in [0.2, 0.25) is 0 Å². The maximum atomic E-state index is 14.0. The number of hydrogen-bond acceptors (Lipinski definition) is 6. The van der Waals surface area contributed by atoms with Crippen molar-refractivity contribution in [2.75, 3.05) is 6.54 Å². The highest BCUT2D eigenvalue weighted by atomic mass is 16.5. The van der Waals surface area contributed by atoms with E-state index >= 15 is 0 Å². The number of carboxylic acid groups (broad SMARTS) is 1. The molecular weight excluding hydrogens is 649 g/mol. The summed E-state index contributed by atoms with van der Waals surface area (Å²) in [6, 6.07) is 6.25. The van der Waals surface area contributed by atoms with Crippen molar-refractivity contribution in [1.29, 1.82) is 0 Å². The van der Waals surface area contributed by atoms with Crippen LogP contribution in [-0.2, 0) is 19.1 Å². The van der Waals surface area contributed by atoms with E-state index in [2.05, 4.69) is 71.8 Å². The average molecular weight is 719 g/mol. The molecule has 0 bridgehead atoms. The number of pyridine rings is 1. The maximum absolute atomic E-state index is 14.0. The maximum Gasteiger partial charge on any atom is 0.309 e. The van der Waals surface area contributed by atoms with Crippen LogP contribution >= 0.6 is 0 Å². The largest absolute Gasteiger partial charge is 0.481 e. The third-order valence-corrected chi connectivity index (χ3v) is 16.1. The van der Waals surface area contributed by atoms with E-state index in [1.807, 2.05) is 18.3 Å². The minimum absolute atomic E-state index is 0. The number of carbonyl (C=O) groups excluding carboxylic acids is 2. The fourth-order valence-electron chi connectivity index (χ4n) is 13.1. The van der Waals surface area contributed by atoms with E-state index in [1.165, 1.54) is 12.0 Å². The Morgan fingerprint density at radius 2 is 1.67 bits per heavy atom. The molecule has 4 saturated carbocycles. The summed E-state index contributed by atoms with van der Waals surface area (Å²) >= 11 is 0. The highest BCUT2D eigenvalue weighted by Gasteiger charge is 2.70. The monoisotopic (exact) mass is 719 g/mol. The first-order valence-corrected chi connectivity index (χ1v) is 20.1. The molecule has 1 heterocycles. The number of aliphatic carboxylic acids is 1. The van der Waals surface area contributed by atoms with Gasteiger partial charge in [-0.05, 0) is 143 Å². The first kappa shape index (κ1) is 40.6. The normalized spacial score (nSPS) is 37.2. The van der Waals surface area contributed by atoms with Crippen LogP contribution in [0.4, 0.5) is 0 Å². The van der Waals surface area contributed by atoms with Crippen molar-refractivity contribution in [3.8, 4) is 0 Å². The fraction of sp³-hybridized carbons (Fsp3) is 0.778. The van der Waals surface area contributed by atoms with Crippen LogP contribution in [0.5, 0.6) is 0 Å². The molecule has 1 aromatic heterocycles. The third-order valence-electron chi connectivity index (χ3n) is 16.1. The van der Waals surface area contributed by atoms with Gasteiger partial charge < -0.3 is 15.2 Å². The van der Waals surface area contributed by atoms with Crippen LogP contribution in [0.15, 0.2) is 35.5 Å². The highest BCUT2D eigenvalue weighted by Crippen LogP contribution is 2.77. The van der Waals surface area contributed by atoms with Gasteiger partial charge in [-0.2, -0.15) is 0 Å². The first-order chi connectivity index (χ1) is 23.7. The van der Waals surface area contributed by atoms with E-state index in [0.717, 1.165) is 69.2 Å². The molecule has 290 valence electrons. The van der Waals surface area contributed by atoms with E-state index in [9.17, 15) is 19.5 Å². The number of rotatable bonds is 10. The Kier molecular flexibility index (Phi) is 10.9. The average Bonchev–Trinajstić information content (AvgIpc) is 3.35. The molecule has 0 amide bonds. The molecule has 0 aliphatic heterocycles. The van der Waals surface area contributed by atoms with Crippen LogP contribution in [0.1, 0.15) is 159 Å². The number of esters is 1. The van der Waals surface area contributed by atoms with Gasteiger partial charge in [-0.3, -0.25) is 19.4 Å². The topological polar surface area (TPSA) is 106 Å². The number of nitrogens with one attached hydrogen (secondary N) is 1. The number of carbonyl (C=O) groups is 3. The van der Waals surface area contributed by atoms with E-state index in [0.29, 0.717) is 30.0 Å². The van der Waals surface area contributed by atoms with Crippen molar-refractivity contribution >= 4 is 17.7 Å². The molecule has 4 fully saturated rings. The van der Waals surface area contributed by atoms with Gasteiger partial charge >= 0.3 is 11.9 Å². The summed E-state index contributed by atoms with van der Waals surface area (Å²) < 4.78 is 6.18. The van der Waals surface area contributed by atoms with Crippen LogP contribution < -0.4 is 5.32 Å². The van der Waals surface area contributed by atoms with Crippen LogP contribution in [0.2, 0.25) is 0 Å². The number of ether oxygens (including phenoxy) is 1. The zero-order chi connectivity index (χ0) is 37.4. The van der Waals surface area contributed by atoms with Gasteiger partial charge in [-0.1, -0.05) is 67.5 Å². The van der Waals surface area contributed by atoms with Crippen molar-refractivity contribution < 1.29 is 24.2 Å². The van der Waals surface area contributed by atoms with E-state index < -0.39 is 17.4 Å². The van der Waals surface area contributed by atoms with E-state index in [1.54, 1.807) is 13.8 Å². The quantitative estimate of drug-likeness (QED) is 0.232. The van der Waals surface area contributed by atoms with Gasteiger partial charge in [0.05, 0.1) is 17.5 Å². The number of Topliss-reactive ketones (excluding diaryl/α,β-unsaturated/α-hetero) is 1. The molecular formula is C45H70N2O5. The van der Waals surface area contributed by atoms with Crippen molar-refractivity contribution in [2.45, 2.75) is 159 Å². The summed E-state index contributed by atoms with van der Waals surface area (Å²) in [7, 11) is 0. The van der Waals surface area contributed by atoms with Gasteiger partial charge in [0, 0.05) is 29.5 Å². The SMILES string of the molecule is C.CC(C)C1=C2[C@H]3CC[C@@H]4[C@@]5(C)CC[C@H](OC(=O)CC(C)(C)C(=O)O)C(C)(C)[C@@H]5CC[C@@]4(C)[C@]3(C)CC[C@@]2(CCN[C@@H](C)c2ccccn2)CC1=O. The predicted octanol–water partition coefficient (Wildman–Crippen LogP) is 10.2. The van der Waals surface area contributed by atoms with Gasteiger partial charge in [-0.15, -0.1) is 0 Å². The van der Waals surface area contributed by atoms with Crippen molar-refractivity contribution in [1.82, 2.24) is 10.3 Å². The number of fused-ring (bicyclic) bond motifs is 7. The van der Waals surface area contributed by atoms with Crippen LogP contribution in [-0.4, -0.2) is 40.5 Å². The van der Waals surface area contributed by atoms with Gasteiger partial charge in [0.15, 0.2) is 5.78 Å². The van der Waals surface area contributed by atoms with Crippen LogP contribution in [0, 0.1) is 56.2 Å². The summed E-state index contributed by atoms with van der Waals surface area (Å²) in [5.74, 6) is 0.645. The number of hydrogen-bond donors (Lipinski definition) is 2. The molecule has 5 aliphatic rings. The second-order valence-corrected chi connectivity index (χ2v) is 19.9. The molecule has 0 saturated heterocycles. The Morgan fingerprint density at radius 1 is 0.962 bits per heavy atom. The van der Waals surface area contributed by atoms with Crippen molar-refractivity contribution in [3.05, 3.63) is 41.2 Å². The number of allylic oxidation sites excluding steroid dienone is 2. The zero-order valence-electron chi connectivity index (χ0n) is 33.3. The summed E-state index contributed by atoms with van der Waals surface area (Å²) in [5, 5.41) is 13.4. The van der Waals surface area contributed by atoms with Gasteiger partial charge in [0.1, 0.15) is 6.10 Å². The Hall–Kier alpha value is -2.54. The Bertz CT molecular complexity index is 1560. The number of ketones is 1. The predicted molar refractivity (Wildman–Crippen MR) is 207 cm³/mol. The van der Waals surface area contributed by atoms with E-state index in [4.69, 9.17) is 4.74 Å². The molecule has 9 atom stereocenters. The molecule has 7 nitrogen and oxygen atoms in total. The van der Waals surface area contributed by atoms with Crippen molar-refractivity contribution in [3.63, 3.8) is 0 Å². The summed E-state index contributed by atoms with van der Waals surface area (Å²) in [5.41, 5.74) is 2.71. The summed E-state index contributed by atoms with van der Waals surface area (Å²) in [6.07, 6.45) is 11.8. The van der Waals surface area contributed by atoms with Crippen LogP contribution in [0.25, 0.3) is 0 Å². The molecule has 1 aromatic rings.